The van der Waals surface area contributed by atoms with Gasteiger partial charge in [-0.15, -0.1) is 6.42 Å². The van der Waals surface area contributed by atoms with Gasteiger partial charge in [0.1, 0.15) is 0 Å². The molecule has 1 aliphatic carbocycles. The molecule has 1 aliphatic heterocycles. The summed E-state index contributed by atoms with van der Waals surface area (Å²) >= 11 is 0. The van der Waals surface area contributed by atoms with Gasteiger partial charge in [0.05, 0.1) is 0 Å². The van der Waals surface area contributed by atoms with E-state index >= 15 is 0 Å². The van der Waals surface area contributed by atoms with E-state index in [1.807, 2.05) is 7.05 Å². The molecule has 1 fully saturated rings. The molecule has 0 radical (unpaired) electrons. The minimum atomic E-state index is 0.651. The summed E-state index contributed by atoms with van der Waals surface area (Å²) in [4.78, 5) is 2.58. The van der Waals surface area contributed by atoms with Crippen molar-refractivity contribution < 1.29 is 0 Å². The van der Waals surface area contributed by atoms with E-state index in [0.717, 1.165) is 37.4 Å². The van der Waals surface area contributed by atoms with E-state index in [1.54, 1.807) is 0 Å². The Morgan fingerprint density at radius 3 is 2.70 bits per heavy atom. The summed E-state index contributed by atoms with van der Waals surface area (Å²) in [5.74, 6) is 4.16. The van der Waals surface area contributed by atoms with Crippen LogP contribution in [0.2, 0.25) is 0 Å². The highest BCUT2D eigenvalue weighted by atomic mass is 15.1. The molecule has 1 atom stereocenters. The van der Waals surface area contributed by atoms with E-state index in [9.17, 15) is 0 Å². The first-order chi connectivity index (χ1) is 13.2. The van der Waals surface area contributed by atoms with Crippen LogP contribution < -0.4 is 5.32 Å². The molecule has 1 unspecified atom stereocenters. The first-order valence-corrected chi connectivity index (χ1v) is 10.2. The lowest BCUT2D eigenvalue weighted by atomic mass is 9.79. The first-order valence-electron chi connectivity index (χ1n) is 10.2. The van der Waals surface area contributed by atoms with Crippen LogP contribution in [-0.2, 0) is 0 Å². The number of terminal acetylenes is 1. The molecular formula is C25H32N2. The molecule has 1 aromatic rings. The Bertz CT molecular complexity index is 783. The molecule has 1 N–H and O–H groups in total. The second-order valence-electron chi connectivity index (χ2n) is 7.66. The number of hydrogen-bond acceptors (Lipinski definition) is 2. The van der Waals surface area contributed by atoms with Gasteiger partial charge in [-0.3, -0.25) is 0 Å². The predicted octanol–water partition coefficient (Wildman–Crippen LogP) is 5.64. The number of nitrogens with zero attached hydrogens (tertiary/aromatic N) is 1. The normalized spacial score (nSPS) is 21.0. The molecule has 0 amide bonds. The van der Waals surface area contributed by atoms with E-state index in [0.29, 0.717) is 5.92 Å². The van der Waals surface area contributed by atoms with Crippen molar-refractivity contribution >= 4 is 11.4 Å². The van der Waals surface area contributed by atoms with Crippen LogP contribution in [0.25, 0.3) is 5.70 Å². The number of likely N-dealkylation sites (tertiary alicyclic amines) is 1. The number of benzene rings is 1. The van der Waals surface area contributed by atoms with Crippen LogP contribution >= 0.6 is 0 Å². The Morgan fingerprint density at radius 1 is 1.33 bits per heavy atom. The topological polar surface area (TPSA) is 15.3 Å². The molecule has 0 aromatic heterocycles. The fourth-order valence-electron chi connectivity index (χ4n) is 4.34. The molecule has 3 rings (SSSR count). The van der Waals surface area contributed by atoms with Gasteiger partial charge >= 0.3 is 0 Å². The molecule has 2 aliphatic rings. The van der Waals surface area contributed by atoms with Crippen LogP contribution in [0.15, 0.2) is 48.1 Å². The van der Waals surface area contributed by atoms with Crippen molar-refractivity contribution in [3.8, 4) is 12.3 Å². The van der Waals surface area contributed by atoms with Crippen LogP contribution in [0, 0.1) is 31.1 Å². The maximum Gasteiger partial charge on any atom is 0.0399 e. The lowest BCUT2D eigenvalue weighted by molar-refractivity contribution is 0.216. The van der Waals surface area contributed by atoms with Crippen molar-refractivity contribution in [2.75, 3.05) is 25.5 Å². The zero-order valence-electron chi connectivity index (χ0n) is 17.0. The van der Waals surface area contributed by atoms with Crippen LogP contribution in [-0.4, -0.2) is 25.0 Å². The summed E-state index contributed by atoms with van der Waals surface area (Å²) in [6.07, 6.45) is 19.3. The van der Waals surface area contributed by atoms with E-state index in [1.165, 1.54) is 35.4 Å². The van der Waals surface area contributed by atoms with Gasteiger partial charge in [-0.25, -0.2) is 0 Å². The average Bonchev–Trinajstić information content (AvgIpc) is 2.73. The minimum Gasteiger partial charge on any atom is -0.388 e. The minimum absolute atomic E-state index is 0.651. The van der Waals surface area contributed by atoms with Gasteiger partial charge in [0.15, 0.2) is 0 Å². The molecule has 142 valence electrons. The predicted molar refractivity (Wildman–Crippen MR) is 117 cm³/mol. The van der Waals surface area contributed by atoms with E-state index < -0.39 is 0 Å². The van der Waals surface area contributed by atoms with Gasteiger partial charge < -0.3 is 10.2 Å². The second-order valence-corrected chi connectivity index (χ2v) is 7.66. The number of nitrogens with one attached hydrogen (secondary N) is 1. The second kappa shape index (κ2) is 9.00. The van der Waals surface area contributed by atoms with Gasteiger partial charge in [-0.2, -0.15) is 0 Å². The number of rotatable bonds is 5. The maximum absolute atomic E-state index is 5.51. The fourth-order valence-corrected chi connectivity index (χ4v) is 4.34. The summed E-state index contributed by atoms with van der Waals surface area (Å²) in [5.41, 5.74) is 6.26. The first kappa shape index (κ1) is 19.4. The standard InChI is InChI=1S/C25H32N2/c1-5-7-25(23-11-8-19(3)24(18-23)26-4)27-16-14-22(15-17-27)21-12-9-20(6-2)10-13-21/h2,7-12,18,21-22,26H,5,13-17H2,1,3-4H3. The lowest BCUT2D eigenvalue weighted by Crippen LogP contribution is -2.35. The van der Waals surface area contributed by atoms with Gasteiger partial charge in [-0.1, -0.05) is 49.3 Å². The van der Waals surface area contributed by atoms with E-state index in [2.05, 4.69) is 72.5 Å². The summed E-state index contributed by atoms with van der Waals surface area (Å²) in [6.45, 7) is 6.65. The SMILES string of the molecule is C#CC1=CCC(C2CCN(C(=CCC)c3ccc(C)c(NC)c3)CC2)C=C1. The van der Waals surface area contributed by atoms with Crippen molar-refractivity contribution in [2.24, 2.45) is 11.8 Å². The van der Waals surface area contributed by atoms with Gasteiger partial charge in [0.25, 0.3) is 0 Å². The van der Waals surface area contributed by atoms with Crippen LogP contribution in [0.1, 0.15) is 43.7 Å². The molecule has 1 saturated heterocycles. The van der Waals surface area contributed by atoms with Crippen LogP contribution in [0.5, 0.6) is 0 Å². The van der Waals surface area contributed by atoms with Crippen molar-refractivity contribution in [2.45, 2.75) is 39.5 Å². The van der Waals surface area contributed by atoms with Crippen molar-refractivity contribution in [3.05, 3.63) is 59.2 Å². The van der Waals surface area contributed by atoms with E-state index in [4.69, 9.17) is 6.42 Å². The summed E-state index contributed by atoms with van der Waals surface area (Å²) in [7, 11) is 2.00. The molecule has 1 aromatic carbocycles. The Hall–Kier alpha value is -2.40. The summed E-state index contributed by atoms with van der Waals surface area (Å²) in [6, 6.07) is 6.78. The molecule has 0 spiro atoms. The Morgan fingerprint density at radius 2 is 2.11 bits per heavy atom. The highest BCUT2D eigenvalue weighted by Crippen LogP contribution is 2.34. The van der Waals surface area contributed by atoms with Gasteiger partial charge in [0.2, 0.25) is 0 Å². The zero-order chi connectivity index (χ0) is 19.2. The Labute approximate surface area is 165 Å². The fraction of sp³-hybridized carbons (Fsp3) is 0.440. The van der Waals surface area contributed by atoms with Gasteiger partial charge in [0, 0.05) is 37.1 Å². The molecule has 0 bridgehead atoms. The monoisotopic (exact) mass is 360 g/mol. The number of anilines is 1. The molecule has 2 nitrogen and oxygen atoms in total. The molecular weight excluding hydrogens is 328 g/mol. The average molecular weight is 361 g/mol. The van der Waals surface area contributed by atoms with Crippen molar-refractivity contribution in [1.82, 2.24) is 4.90 Å². The molecule has 1 heterocycles. The third-order valence-electron chi connectivity index (χ3n) is 5.99. The highest BCUT2D eigenvalue weighted by molar-refractivity contribution is 5.69. The Kier molecular flexibility index (Phi) is 6.45. The molecule has 27 heavy (non-hydrogen) atoms. The van der Waals surface area contributed by atoms with Crippen molar-refractivity contribution in [3.63, 3.8) is 0 Å². The smallest absolute Gasteiger partial charge is 0.0399 e. The number of allylic oxidation sites excluding steroid dienone is 5. The molecule has 2 heteroatoms. The Balaban J connectivity index is 1.68. The van der Waals surface area contributed by atoms with Crippen molar-refractivity contribution in [1.29, 1.82) is 0 Å². The largest absolute Gasteiger partial charge is 0.388 e. The van der Waals surface area contributed by atoms with Crippen LogP contribution in [0.3, 0.4) is 0 Å². The number of piperidine rings is 1. The van der Waals surface area contributed by atoms with E-state index in [-0.39, 0.29) is 0 Å². The number of aryl methyl sites for hydroxylation is 1. The highest BCUT2D eigenvalue weighted by Gasteiger charge is 2.26. The lowest BCUT2D eigenvalue weighted by Gasteiger charge is -2.38. The third-order valence-corrected chi connectivity index (χ3v) is 5.99. The maximum atomic E-state index is 5.51. The summed E-state index contributed by atoms with van der Waals surface area (Å²) < 4.78 is 0. The molecule has 0 saturated carbocycles. The quantitative estimate of drug-likeness (QED) is 0.684. The number of hydrogen-bond donors (Lipinski definition) is 1. The summed E-state index contributed by atoms with van der Waals surface area (Å²) in [5, 5.41) is 3.32. The van der Waals surface area contributed by atoms with Crippen LogP contribution in [0.4, 0.5) is 5.69 Å². The van der Waals surface area contributed by atoms with Gasteiger partial charge in [-0.05, 0) is 61.6 Å². The third kappa shape index (κ3) is 4.48. The zero-order valence-corrected chi connectivity index (χ0v) is 17.0.